The number of carbonyl (C=O) groups is 1. The van der Waals surface area contributed by atoms with Gasteiger partial charge in [0, 0.05) is 23.4 Å². The number of aromatic nitrogens is 1. The molecule has 0 saturated carbocycles. The van der Waals surface area contributed by atoms with Crippen molar-refractivity contribution in [1.82, 2.24) is 4.98 Å². The first kappa shape index (κ1) is 15.6. The number of nitrogens with one attached hydrogen (secondary N) is 1. The Morgan fingerprint density at radius 2 is 2.11 bits per heavy atom. The van der Waals surface area contributed by atoms with E-state index >= 15 is 0 Å². The van der Waals surface area contributed by atoms with Gasteiger partial charge in [0.15, 0.2) is 20.1 Å². The fourth-order valence-electron chi connectivity index (χ4n) is 1.01. The van der Waals surface area contributed by atoms with E-state index in [2.05, 4.69) is 4.98 Å². The van der Waals surface area contributed by atoms with E-state index in [9.17, 15) is 21.6 Å². The van der Waals surface area contributed by atoms with E-state index in [1.54, 1.807) is 0 Å². The number of sulfone groups is 1. The van der Waals surface area contributed by atoms with Gasteiger partial charge >= 0.3 is 5.97 Å². The highest BCUT2D eigenvalue weighted by Crippen LogP contribution is 2.20. The average molecular weight is 326 g/mol. The van der Waals surface area contributed by atoms with Gasteiger partial charge in [-0.3, -0.25) is 4.72 Å². The van der Waals surface area contributed by atoms with Gasteiger partial charge in [-0.25, -0.2) is 26.6 Å². The molecule has 0 aromatic carbocycles. The summed E-state index contributed by atoms with van der Waals surface area (Å²) in [5.74, 6) is -1.15. The first-order valence-electron chi connectivity index (χ1n) is 4.62. The number of sulfonamides is 1. The molecular weight excluding hydrogens is 316 g/mol. The van der Waals surface area contributed by atoms with Crippen LogP contribution in [0.3, 0.4) is 0 Å². The van der Waals surface area contributed by atoms with Gasteiger partial charge in [0.1, 0.15) is 0 Å². The number of anilines is 1. The Labute approximate surface area is 113 Å². The first-order valence-corrected chi connectivity index (χ1v) is 9.15. The maximum atomic E-state index is 11.5. The largest absolute Gasteiger partial charge is 0.478 e. The van der Waals surface area contributed by atoms with E-state index in [-0.39, 0.29) is 5.13 Å². The molecule has 1 aromatic rings. The Balaban J connectivity index is 2.82. The van der Waals surface area contributed by atoms with Crippen LogP contribution in [0.2, 0.25) is 0 Å². The molecule has 0 fully saturated rings. The molecule has 0 spiro atoms. The van der Waals surface area contributed by atoms with Crippen LogP contribution in [0.4, 0.5) is 5.13 Å². The fraction of sp³-hybridized carbons (Fsp3) is 0.250. The molecule has 2 N–H and O–H groups in total. The summed E-state index contributed by atoms with van der Waals surface area (Å²) < 4.78 is 46.7. The second-order valence-corrected chi connectivity index (χ2v) is 8.79. The molecule has 1 rings (SSSR count). The summed E-state index contributed by atoms with van der Waals surface area (Å²) in [5, 5.41) is 7.34. The van der Waals surface area contributed by atoms with Crippen LogP contribution >= 0.6 is 11.3 Å². The highest BCUT2D eigenvalue weighted by Gasteiger charge is 2.19. The van der Waals surface area contributed by atoms with Gasteiger partial charge in [-0.05, 0) is 6.08 Å². The fourth-order valence-corrected chi connectivity index (χ4v) is 4.94. The third-order valence-electron chi connectivity index (χ3n) is 1.53. The van der Waals surface area contributed by atoms with Crippen LogP contribution in [0.25, 0.3) is 6.08 Å². The van der Waals surface area contributed by atoms with Crippen LogP contribution in [0.15, 0.2) is 12.3 Å². The highest BCUT2D eigenvalue weighted by atomic mass is 32.3. The lowest BCUT2D eigenvalue weighted by Crippen LogP contribution is -2.22. The van der Waals surface area contributed by atoms with Gasteiger partial charge in [0.25, 0.3) is 0 Å². The van der Waals surface area contributed by atoms with Crippen molar-refractivity contribution in [3.63, 3.8) is 0 Å². The number of rotatable bonds is 6. The molecule has 11 heteroatoms. The van der Waals surface area contributed by atoms with Gasteiger partial charge in [-0.15, -0.1) is 0 Å². The number of hydrogen-bond donors (Lipinski definition) is 2. The Kier molecular flexibility index (Phi) is 4.66. The number of aliphatic carboxylic acids is 1. The zero-order chi connectivity index (χ0) is 14.7. The maximum absolute atomic E-state index is 11.5. The van der Waals surface area contributed by atoms with Crippen molar-refractivity contribution in [3.8, 4) is 0 Å². The second-order valence-electron chi connectivity index (χ2n) is 3.50. The molecule has 0 aliphatic rings. The predicted octanol–water partition coefficient (Wildman–Crippen LogP) is -0.0153. The van der Waals surface area contributed by atoms with Gasteiger partial charge in [-0.2, -0.15) is 0 Å². The van der Waals surface area contributed by atoms with Crippen molar-refractivity contribution in [3.05, 3.63) is 17.2 Å². The summed E-state index contributed by atoms with van der Waals surface area (Å²) in [5.41, 5.74) is 0. The molecule has 0 amide bonds. The quantitative estimate of drug-likeness (QED) is 0.703. The number of carboxylic acid groups (broad SMARTS) is 1. The predicted molar refractivity (Wildman–Crippen MR) is 71.0 cm³/mol. The summed E-state index contributed by atoms with van der Waals surface area (Å²) in [6, 6.07) is 0. The van der Waals surface area contributed by atoms with Crippen LogP contribution in [-0.2, 0) is 24.7 Å². The zero-order valence-electron chi connectivity index (χ0n) is 9.60. The van der Waals surface area contributed by atoms with Gasteiger partial charge in [-0.1, -0.05) is 11.3 Å². The Hall–Kier alpha value is -1.46. The Morgan fingerprint density at radius 1 is 1.47 bits per heavy atom. The van der Waals surface area contributed by atoms with Gasteiger partial charge in [0.2, 0.25) is 10.0 Å². The van der Waals surface area contributed by atoms with Gasteiger partial charge < -0.3 is 5.11 Å². The summed E-state index contributed by atoms with van der Waals surface area (Å²) in [6.07, 6.45) is 4.19. The van der Waals surface area contributed by atoms with Crippen LogP contribution in [-0.4, -0.2) is 44.2 Å². The van der Waals surface area contributed by atoms with Crippen LogP contribution in [0.1, 0.15) is 4.88 Å². The molecule has 0 radical (unpaired) electrons. The minimum absolute atomic E-state index is 0.0336. The molecule has 19 heavy (non-hydrogen) atoms. The summed E-state index contributed by atoms with van der Waals surface area (Å²) >= 11 is 0.881. The van der Waals surface area contributed by atoms with Crippen molar-refractivity contribution in [2.45, 2.75) is 0 Å². The lowest BCUT2D eigenvalue weighted by molar-refractivity contribution is -0.131. The summed E-state index contributed by atoms with van der Waals surface area (Å²) in [6.45, 7) is 0. The minimum atomic E-state index is -4.04. The van der Waals surface area contributed by atoms with E-state index in [0.29, 0.717) is 4.88 Å². The van der Waals surface area contributed by atoms with Crippen molar-refractivity contribution in [1.29, 1.82) is 0 Å². The molecule has 0 bridgehead atoms. The molecule has 1 heterocycles. The number of thiazole rings is 1. The topological polar surface area (TPSA) is 130 Å². The molecule has 0 aliphatic heterocycles. The molecule has 0 unspecified atom stereocenters. The Bertz CT molecular complexity index is 701. The van der Waals surface area contributed by atoms with Crippen molar-refractivity contribution < 1.29 is 26.7 Å². The van der Waals surface area contributed by atoms with Crippen molar-refractivity contribution in [2.75, 3.05) is 16.1 Å². The monoisotopic (exact) mass is 326 g/mol. The first-order chi connectivity index (χ1) is 8.57. The van der Waals surface area contributed by atoms with Gasteiger partial charge in [0.05, 0.1) is 0 Å². The molecule has 0 saturated heterocycles. The molecule has 8 nitrogen and oxygen atoms in total. The van der Waals surface area contributed by atoms with Crippen molar-refractivity contribution >= 4 is 48.4 Å². The normalized spacial score (nSPS) is 12.7. The third kappa shape index (κ3) is 6.31. The number of nitrogens with zero attached hydrogens (tertiary/aromatic N) is 1. The highest BCUT2D eigenvalue weighted by molar-refractivity contribution is 8.08. The van der Waals surface area contributed by atoms with E-state index in [1.807, 2.05) is 4.72 Å². The molecule has 0 atom stereocenters. The van der Waals surface area contributed by atoms with E-state index < -0.39 is 30.9 Å². The summed E-state index contributed by atoms with van der Waals surface area (Å²) in [7, 11) is -7.72. The van der Waals surface area contributed by atoms with Crippen LogP contribution < -0.4 is 4.72 Å². The van der Waals surface area contributed by atoms with Crippen molar-refractivity contribution in [2.24, 2.45) is 0 Å². The lowest BCUT2D eigenvalue weighted by atomic mass is 10.4. The van der Waals surface area contributed by atoms with E-state index in [1.165, 1.54) is 12.3 Å². The molecular formula is C8H10N2O6S3. The maximum Gasteiger partial charge on any atom is 0.328 e. The molecule has 0 aliphatic carbocycles. The third-order valence-corrected chi connectivity index (χ3v) is 5.99. The number of carboxylic acids is 1. The smallest absolute Gasteiger partial charge is 0.328 e. The SMILES string of the molecule is CS(=O)(=O)CS(=O)(=O)Nc1ncc(/C=C/C(=O)O)s1. The van der Waals surface area contributed by atoms with Crippen LogP contribution in [0, 0.1) is 0 Å². The summed E-state index contributed by atoms with van der Waals surface area (Å²) in [4.78, 5) is 14.4. The molecule has 106 valence electrons. The van der Waals surface area contributed by atoms with Crippen LogP contribution in [0.5, 0.6) is 0 Å². The Morgan fingerprint density at radius 3 is 2.63 bits per heavy atom. The number of hydrogen-bond acceptors (Lipinski definition) is 7. The standard InChI is InChI=1S/C8H10N2O6S3/c1-18(13,14)5-19(15,16)10-8-9-4-6(17-8)2-3-7(11)12/h2-4H,5H2,1H3,(H,9,10)(H,11,12)/b3-2+. The second kappa shape index (κ2) is 5.67. The lowest BCUT2D eigenvalue weighted by Gasteiger charge is -2.02. The zero-order valence-corrected chi connectivity index (χ0v) is 12.0. The molecule has 1 aromatic heterocycles. The minimum Gasteiger partial charge on any atom is -0.478 e. The van der Waals surface area contributed by atoms with E-state index in [0.717, 1.165) is 23.7 Å². The average Bonchev–Trinajstić information content (AvgIpc) is 2.57. The van der Waals surface area contributed by atoms with E-state index in [4.69, 9.17) is 5.11 Å².